The number of nitrogens with zero attached hydrogens (tertiary/aromatic N) is 2. The van der Waals surface area contributed by atoms with Gasteiger partial charge in [0.1, 0.15) is 6.54 Å². The fraction of sp³-hybridized carbons (Fsp3) is 0.474. The molecule has 0 bridgehead atoms. The standard InChI is InChI=1S/C19H24N2O2/c1-13-4-7-20(8-5-13)18(23)12-21-9-6-17(22)19-15(3)10-14(2)11-16(19)21/h6,9-11,13H,4-5,7-8,12H2,1-3H3. The van der Waals surface area contributed by atoms with E-state index in [2.05, 4.69) is 6.92 Å². The molecule has 0 spiro atoms. The van der Waals surface area contributed by atoms with Crippen LogP contribution in [0.2, 0.25) is 0 Å². The molecule has 3 rings (SSSR count). The van der Waals surface area contributed by atoms with E-state index in [0.717, 1.165) is 48.0 Å². The third-order valence-corrected chi connectivity index (χ3v) is 4.86. The van der Waals surface area contributed by atoms with E-state index >= 15 is 0 Å². The molecule has 0 saturated carbocycles. The summed E-state index contributed by atoms with van der Waals surface area (Å²) in [5.74, 6) is 0.846. The second-order valence-electron chi connectivity index (χ2n) is 6.85. The Balaban J connectivity index is 1.93. The Morgan fingerprint density at radius 3 is 2.61 bits per heavy atom. The maximum atomic E-state index is 12.6. The van der Waals surface area contributed by atoms with Crippen LogP contribution in [0.4, 0.5) is 0 Å². The first-order chi connectivity index (χ1) is 11.0. The van der Waals surface area contributed by atoms with Crippen molar-refractivity contribution in [3.05, 3.63) is 45.7 Å². The first kappa shape index (κ1) is 15.8. The molecule has 23 heavy (non-hydrogen) atoms. The van der Waals surface area contributed by atoms with Gasteiger partial charge in [-0.3, -0.25) is 9.59 Å². The summed E-state index contributed by atoms with van der Waals surface area (Å²) in [5.41, 5.74) is 2.95. The lowest BCUT2D eigenvalue weighted by molar-refractivity contribution is -0.133. The van der Waals surface area contributed by atoms with Crippen molar-refractivity contribution in [1.29, 1.82) is 0 Å². The predicted octanol–water partition coefficient (Wildman–Crippen LogP) is 2.88. The topological polar surface area (TPSA) is 42.3 Å². The number of carbonyl (C=O) groups is 1. The molecule has 1 aromatic carbocycles. The minimum atomic E-state index is 0.0213. The minimum absolute atomic E-state index is 0.0213. The number of likely N-dealkylation sites (tertiary alicyclic amines) is 1. The third kappa shape index (κ3) is 3.16. The van der Waals surface area contributed by atoms with Gasteiger partial charge in [0.05, 0.1) is 5.52 Å². The van der Waals surface area contributed by atoms with Crippen molar-refractivity contribution in [2.45, 2.75) is 40.2 Å². The highest BCUT2D eigenvalue weighted by Crippen LogP contribution is 2.19. The largest absolute Gasteiger partial charge is 0.341 e. The van der Waals surface area contributed by atoms with E-state index in [1.807, 2.05) is 35.4 Å². The summed E-state index contributed by atoms with van der Waals surface area (Å²) in [7, 11) is 0. The number of benzene rings is 1. The van der Waals surface area contributed by atoms with Gasteiger partial charge in [0.15, 0.2) is 5.43 Å². The number of amides is 1. The summed E-state index contributed by atoms with van der Waals surface area (Å²) < 4.78 is 1.91. The van der Waals surface area contributed by atoms with Crippen LogP contribution in [0.5, 0.6) is 0 Å². The van der Waals surface area contributed by atoms with Crippen LogP contribution in [0.3, 0.4) is 0 Å². The highest BCUT2D eigenvalue weighted by Gasteiger charge is 2.20. The zero-order chi connectivity index (χ0) is 16.6. The molecule has 2 aromatic rings. The van der Waals surface area contributed by atoms with Crippen LogP contribution < -0.4 is 5.43 Å². The Hall–Kier alpha value is -2.10. The SMILES string of the molecule is Cc1cc(C)c2c(=O)ccn(CC(=O)N3CCC(C)CC3)c2c1. The molecule has 0 aliphatic carbocycles. The van der Waals surface area contributed by atoms with Gasteiger partial charge in [0.2, 0.25) is 5.91 Å². The van der Waals surface area contributed by atoms with Gasteiger partial charge >= 0.3 is 0 Å². The molecule has 1 aliphatic rings. The summed E-state index contributed by atoms with van der Waals surface area (Å²) in [4.78, 5) is 26.7. The number of rotatable bonds is 2. The number of pyridine rings is 1. The molecule has 2 heterocycles. The van der Waals surface area contributed by atoms with E-state index in [1.165, 1.54) is 0 Å². The lowest BCUT2D eigenvalue weighted by Gasteiger charge is -2.30. The van der Waals surface area contributed by atoms with E-state index in [0.29, 0.717) is 12.5 Å². The van der Waals surface area contributed by atoms with Crippen LogP contribution in [-0.4, -0.2) is 28.5 Å². The predicted molar refractivity (Wildman–Crippen MR) is 92.7 cm³/mol. The van der Waals surface area contributed by atoms with Crippen molar-refractivity contribution in [3.8, 4) is 0 Å². The van der Waals surface area contributed by atoms with Gasteiger partial charge in [0, 0.05) is 30.7 Å². The molecule has 1 aromatic heterocycles. The van der Waals surface area contributed by atoms with Gasteiger partial charge in [-0.25, -0.2) is 0 Å². The first-order valence-electron chi connectivity index (χ1n) is 8.34. The molecule has 1 fully saturated rings. The molecule has 0 N–H and O–H groups in total. The molecule has 1 saturated heterocycles. The van der Waals surface area contributed by atoms with E-state index in [4.69, 9.17) is 0 Å². The number of carbonyl (C=O) groups excluding carboxylic acids is 1. The molecular weight excluding hydrogens is 288 g/mol. The quantitative estimate of drug-likeness (QED) is 0.856. The van der Waals surface area contributed by atoms with Crippen molar-refractivity contribution in [2.75, 3.05) is 13.1 Å². The fourth-order valence-electron chi connectivity index (χ4n) is 3.46. The molecular formula is C19H24N2O2. The van der Waals surface area contributed by atoms with Gasteiger partial charge in [-0.2, -0.15) is 0 Å². The summed E-state index contributed by atoms with van der Waals surface area (Å²) in [6.07, 6.45) is 3.90. The number of piperidine rings is 1. The molecule has 4 heteroatoms. The highest BCUT2D eigenvalue weighted by atomic mass is 16.2. The molecule has 1 amide bonds. The van der Waals surface area contributed by atoms with Crippen LogP contribution in [0.15, 0.2) is 29.2 Å². The van der Waals surface area contributed by atoms with Gasteiger partial charge in [-0.05, 0) is 49.8 Å². The number of aromatic nitrogens is 1. The molecule has 1 aliphatic heterocycles. The lowest BCUT2D eigenvalue weighted by atomic mass is 9.99. The maximum Gasteiger partial charge on any atom is 0.242 e. The van der Waals surface area contributed by atoms with Crippen molar-refractivity contribution < 1.29 is 4.79 Å². The second-order valence-corrected chi connectivity index (χ2v) is 6.85. The average Bonchev–Trinajstić information content (AvgIpc) is 2.50. The third-order valence-electron chi connectivity index (χ3n) is 4.86. The number of aryl methyl sites for hydroxylation is 2. The Labute approximate surface area is 136 Å². The number of fused-ring (bicyclic) bond motifs is 1. The monoisotopic (exact) mass is 312 g/mol. The number of hydrogen-bond donors (Lipinski definition) is 0. The highest BCUT2D eigenvalue weighted by molar-refractivity contribution is 5.85. The Morgan fingerprint density at radius 1 is 1.22 bits per heavy atom. The van der Waals surface area contributed by atoms with Gasteiger partial charge in [-0.1, -0.05) is 13.0 Å². The smallest absolute Gasteiger partial charge is 0.242 e. The summed E-state index contributed by atoms with van der Waals surface area (Å²) in [5, 5.41) is 0.721. The molecule has 122 valence electrons. The molecule has 4 nitrogen and oxygen atoms in total. The van der Waals surface area contributed by atoms with E-state index in [9.17, 15) is 9.59 Å². The van der Waals surface area contributed by atoms with E-state index in [1.54, 1.807) is 12.3 Å². The van der Waals surface area contributed by atoms with Crippen LogP contribution in [0.1, 0.15) is 30.9 Å². The summed E-state index contributed by atoms with van der Waals surface area (Å²) >= 11 is 0. The Bertz CT molecular complexity index is 799. The van der Waals surface area contributed by atoms with Gasteiger partial charge in [0.25, 0.3) is 0 Å². The van der Waals surface area contributed by atoms with Crippen LogP contribution in [-0.2, 0) is 11.3 Å². The van der Waals surface area contributed by atoms with Crippen molar-refractivity contribution >= 4 is 16.8 Å². The fourth-order valence-corrected chi connectivity index (χ4v) is 3.46. The van der Waals surface area contributed by atoms with Crippen molar-refractivity contribution in [2.24, 2.45) is 5.92 Å². The van der Waals surface area contributed by atoms with Crippen LogP contribution in [0, 0.1) is 19.8 Å². The van der Waals surface area contributed by atoms with Crippen molar-refractivity contribution in [1.82, 2.24) is 9.47 Å². The van der Waals surface area contributed by atoms with E-state index < -0.39 is 0 Å². The summed E-state index contributed by atoms with van der Waals surface area (Å²) in [6.45, 7) is 8.19. The second kappa shape index (κ2) is 6.19. The molecule has 0 atom stereocenters. The Kier molecular flexibility index (Phi) is 4.24. The van der Waals surface area contributed by atoms with Crippen LogP contribution in [0.25, 0.3) is 10.9 Å². The lowest BCUT2D eigenvalue weighted by Crippen LogP contribution is -2.39. The van der Waals surface area contributed by atoms with E-state index in [-0.39, 0.29) is 11.3 Å². The first-order valence-corrected chi connectivity index (χ1v) is 8.34. The normalized spacial score (nSPS) is 16.0. The molecule has 0 radical (unpaired) electrons. The van der Waals surface area contributed by atoms with Crippen LogP contribution >= 0.6 is 0 Å². The zero-order valence-electron chi connectivity index (χ0n) is 14.1. The average molecular weight is 312 g/mol. The number of hydrogen-bond acceptors (Lipinski definition) is 2. The zero-order valence-corrected chi connectivity index (χ0v) is 14.1. The maximum absolute atomic E-state index is 12.6. The summed E-state index contributed by atoms with van der Waals surface area (Å²) in [6, 6.07) is 5.58. The van der Waals surface area contributed by atoms with Gasteiger partial charge < -0.3 is 9.47 Å². The molecule has 0 unspecified atom stereocenters. The Morgan fingerprint density at radius 2 is 1.91 bits per heavy atom. The van der Waals surface area contributed by atoms with Gasteiger partial charge in [-0.15, -0.1) is 0 Å². The minimum Gasteiger partial charge on any atom is -0.341 e. The van der Waals surface area contributed by atoms with Crippen molar-refractivity contribution in [3.63, 3.8) is 0 Å².